The Morgan fingerprint density at radius 2 is 1.63 bits per heavy atom. The first kappa shape index (κ1) is 15.6. The van der Waals surface area contributed by atoms with Gasteiger partial charge in [0.25, 0.3) is 0 Å². The van der Waals surface area contributed by atoms with Gasteiger partial charge in [-0.1, -0.05) is 0 Å². The van der Waals surface area contributed by atoms with Crippen LogP contribution in [0.5, 0.6) is 17.2 Å². The van der Waals surface area contributed by atoms with Crippen molar-refractivity contribution in [2.24, 2.45) is 5.73 Å². The Morgan fingerprint density at radius 1 is 1.00 bits per heavy atom. The van der Waals surface area contributed by atoms with E-state index in [0.717, 1.165) is 38.0 Å². The maximum atomic E-state index is 5.45. The number of nitrogens with one attached hydrogen (secondary N) is 1. The van der Waals surface area contributed by atoms with Crippen LogP contribution >= 0.6 is 0 Å². The Morgan fingerprint density at radius 3 is 2.11 bits per heavy atom. The third-order valence-corrected chi connectivity index (χ3v) is 2.86. The SMILES string of the molecule is COc1cc(CNCCCCN)cc(OC)c1OC. The fourth-order valence-electron chi connectivity index (χ4n) is 1.86. The lowest BCUT2D eigenvalue weighted by Gasteiger charge is -2.14. The molecule has 0 unspecified atom stereocenters. The van der Waals surface area contributed by atoms with Crippen LogP contribution in [0.2, 0.25) is 0 Å². The van der Waals surface area contributed by atoms with Crippen LogP contribution < -0.4 is 25.3 Å². The molecule has 0 bridgehead atoms. The molecule has 0 saturated heterocycles. The molecule has 108 valence electrons. The Hall–Kier alpha value is -1.46. The molecule has 5 heteroatoms. The molecular weight excluding hydrogens is 244 g/mol. The van der Waals surface area contributed by atoms with E-state index in [2.05, 4.69) is 5.32 Å². The number of rotatable bonds is 9. The lowest BCUT2D eigenvalue weighted by molar-refractivity contribution is 0.323. The molecule has 0 amide bonds. The second-order valence-electron chi connectivity index (χ2n) is 4.21. The van der Waals surface area contributed by atoms with Crippen LogP contribution in [0, 0.1) is 0 Å². The molecule has 0 aromatic heterocycles. The molecule has 0 aliphatic rings. The molecule has 5 nitrogen and oxygen atoms in total. The second-order valence-corrected chi connectivity index (χ2v) is 4.21. The van der Waals surface area contributed by atoms with E-state index in [4.69, 9.17) is 19.9 Å². The zero-order valence-corrected chi connectivity index (χ0v) is 12.0. The largest absolute Gasteiger partial charge is 0.493 e. The van der Waals surface area contributed by atoms with Crippen LogP contribution in [-0.2, 0) is 6.54 Å². The van der Waals surface area contributed by atoms with Crippen molar-refractivity contribution in [3.63, 3.8) is 0 Å². The van der Waals surface area contributed by atoms with E-state index in [0.29, 0.717) is 17.2 Å². The Balaban J connectivity index is 2.68. The predicted octanol–water partition coefficient (Wildman–Crippen LogP) is 1.54. The molecular formula is C14H24N2O3. The topological polar surface area (TPSA) is 65.7 Å². The van der Waals surface area contributed by atoms with Gasteiger partial charge in [-0.2, -0.15) is 0 Å². The zero-order valence-electron chi connectivity index (χ0n) is 12.0. The van der Waals surface area contributed by atoms with Gasteiger partial charge in [-0.25, -0.2) is 0 Å². The fraction of sp³-hybridized carbons (Fsp3) is 0.571. The van der Waals surface area contributed by atoms with Crippen molar-refractivity contribution in [1.82, 2.24) is 5.32 Å². The molecule has 0 aliphatic carbocycles. The molecule has 3 N–H and O–H groups in total. The molecule has 0 fully saturated rings. The number of hydrogen-bond acceptors (Lipinski definition) is 5. The summed E-state index contributed by atoms with van der Waals surface area (Å²) in [6, 6.07) is 3.91. The Kier molecular flexibility index (Phi) is 7.07. The van der Waals surface area contributed by atoms with E-state index in [9.17, 15) is 0 Å². The summed E-state index contributed by atoms with van der Waals surface area (Å²) in [5, 5.41) is 3.37. The fourth-order valence-corrected chi connectivity index (χ4v) is 1.86. The van der Waals surface area contributed by atoms with Gasteiger partial charge in [0.05, 0.1) is 21.3 Å². The average Bonchev–Trinajstić information content (AvgIpc) is 2.45. The third-order valence-electron chi connectivity index (χ3n) is 2.86. The summed E-state index contributed by atoms with van der Waals surface area (Å²) in [5.41, 5.74) is 6.55. The second kappa shape index (κ2) is 8.61. The minimum Gasteiger partial charge on any atom is -0.493 e. The number of nitrogens with two attached hydrogens (primary N) is 1. The van der Waals surface area contributed by atoms with Crippen molar-refractivity contribution in [3.8, 4) is 17.2 Å². The standard InChI is InChI=1S/C14H24N2O3/c1-17-12-8-11(10-16-7-5-4-6-15)9-13(18-2)14(12)19-3/h8-9,16H,4-7,10,15H2,1-3H3. The Bertz CT molecular complexity index is 358. The number of ether oxygens (including phenoxy) is 3. The van der Waals surface area contributed by atoms with Gasteiger partial charge in [0, 0.05) is 6.54 Å². The number of methoxy groups -OCH3 is 3. The van der Waals surface area contributed by atoms with E-state index >= 15 is 0 Å². The van der Waals surface area contributed by atoms with Crippen LogP contribution in [0.3, 0.4) is 0 Å². The van der Waals surface area contributed by atoms with Crippen LogP contribution in [-0.4, -0.2) is 34.4 Å². The van der Waals surface area contributed by atoms with Crippen molar-refractivity contribution in [2.75, 3.05) is 34.4 Å². The number of unbranched alkanes of at least 4 members (excludes halogenated alkanes) is 1. The van der Waals surface area contributed by atoms with Crippen molar-refractivity contribution < 1.29 is 14.2 Å². The molecule has 0 atom stereocenters. The van der Waals surface area contributed by atoms with E-state index in [1.54, 1.807) is 21.3 Å². The van der Waals surface area contributed by atoms with Crippen LogP contribution in [0.15, 0.2) is 12.1 Å². The predicted molar refractivity (Wildman–Crippen MR) is 76.1 cm³/mol. The monoisotopic (exact) mass is 268 g/mol. The van der Waals surface area contributed by atoms with E-state index in [1.165, 1.54) is 0 Å². The molecule has 0 aliphatic heterocycles. The van der Waals surface area contributed by atoms with Gasteiger partial charge in [0.1, 0.15) is 0 Å². The molecule has 0 spiro atoms. The molecule has 19 heavy (non-hydrogen) atoms. The summed E-state index contributed by atoms with van der Waals surface area (Å²) in [6.45, 7) is 2.46. The first-order chi connectivity index (χ1) is 9.26. The minimum absolute atomic E-state index is 0.622. The maximum Gasteiger partial charge on any atom is 0.203 e. The highest BCUT2D eigenvalue weighted by molar-refractivity contribution is 5.53. The molecule has 0 heterocycles. The molecule has 0 saturated carbocycles. The highest BCUT2D eigenvalue weighted by atomic mass is 16.5. The molecule has 1 rings (SSSR count). The lowest BCUT2D eigenvalue weighted by atomic mass is 10.1. The van der Waals surface area contributed by atoms with Gasteiger partial charge < -0.3 is 25.3 Å². The van der Waals surface area contributed by atoms with Crippen LogP contribution in [0.25, 0.3) is 0 Å². The van der Waals surface area contributed by atoms with Crippen LogP contribution in [0.4, 0.5) is 0 Å². The number of benzene rings is 1. The number of hydrogen-bond donors (Lipinski definition) is 2. The summed E-state index contributed by atoms with van der Waals surface area (Å²) >= 11 is 0. The van der Waals surface area contributed by atoms with Crippen LogP contribution in [0.1, 0.15) is 18.4 Å². The van der Waals surface area contributed by atoms with Gasteiger partial charge in [0.15, 0.2) is 11.5 Å². The van der Waals surface area contributed by atoms with Crippen molar-refractivity contribution >= 4 is 0 Å². The molecule has 1 aromatic carbocycles. The van der Waals surface area contributed by atoms with E-state index in [-0.39, 0.29) is 0 Å². The van der Waals surface area contributed by atoms with Crippen molar-refractivity contribution in [1.29, 1.82) is 0 Å². The van der Waals surface area contributed by atoms with Gasteiger partial charge in [-0.3, -0.25) is 0 Å². The first-order valence-electron chi connectivity index (χ1n) is 6.46. The summed E-state index contributed by atoms with van der Waals surface area (Å²) < 4.78 is 15.9. The first-order valence-corrected chi connectivity index (χ1v) is 6.46. The van der Waals surface area contributed by atoms with Gasteiger partial charge in [-0.15, -0.1) is 0 Å². The average molecular weight is 268 g/mol. The lowest BCUT2D eigenvalue weighted by Crippen LogP contribution is -2.16. The van der Waals surface area contributed by atoms with Crippen molar-refractivity contribution in [2.45, 2.75) is 19.4 Å². The zero-order chi connectivity index (χ0) is 14.1. The smallest absolute Gasteiger partial charge is 0.203 e. The third kappa shape index (κ3) is 4.61. The highest BCUT2D eigenvalue weighted by Crippen LogP contribution is 2.38. The quantitative estimate of drug-likeness (QED) is 0.665. The van der Waals surface area contributed by atoms with Gasteiger partial charge in [-0.05, 0) is 43.6 Å². The maximum absolute atomic E-state index is 5.45. The summed E-state index contributed by atoms with van der Waals surface area (Å²) in [6.07, 6.45) is 2.13. The van der Waals surface area contributed by atoms with Gasteiger partial charge >= 0.3 is 0 Å². The summed E-state index contributed by atoms with van der Waals surface area (Å²) in [5.74, 6) is 1.98. The van der Waals surface area contributed by atoms with Crippen molar-refractivity contribution in [3.05, 3.63) is 17.7 Å². The van der Waals surface area contributed by atoms with Gasteiger partial charge in [0.2, 0.25) is 5.75 Å². The molecule has 0 radical (unpaired) electrons. The molecule has 1 aromatic rings. The Labute approximate surface area is 115 Å². The normalized spacial score (nSPS) is 10.3. The van der Waals surface area contributed by atoms with E-state index < -0.39 is 0 Å². The summed E-state index contributed by atoms with van der Waals surface area (Å²) in [7, 11) is 4.84. The highest BCUT2D eigenvalue weighted by Gasteiger charge is 2.12. The summed E-state index contributed by atoms with van der Waals surface area (Å²) in [4.78, 5) is 0. The van der Waals surface area contributed by atoms with E-state index in [1.807, 2.05) is 12.1 Å². The minimum atomic E-state index is 0.622.